The number of rotatable bonds is 3. The fourth-order valence-corrected chi connectivity index (χ4v) is 10.2. The topological polar surface area (TPSA) is 0 Å². The van der Waals surface area contributed by atoms with E-state index >= 15 is 0 Å². The van der Waals surface area contributed by atoms with Crippen LogP contribution in [0.1, 0.15) is 25.0 Å². The molecule has 11 rings (SSSR count). The van der Waals surface area contributed by atoms with Crippen molar-refractivity contribution in [3.05, 3.63) is 181 Å². The zero-order chi connectivity index (χ0) is 34.6. The highest BCUT2D eigenvalue weighted by atomic mass is 32.1. The highest BCUT2D eigenvalue weighted by molar-refractivity contribution is 7.25. The molecule has 0 unspecified atom stereocenters. The SMILES string of the molecule is CC1(C)c2cc(-c3ccc(-c4c5ccccc5c(-c5ccccc5)c5ccccc45)cc3)ccc2-c2cc3c(cc21)sc1cc2ccccc2cc13. The van der Waals surface area contributed by atoms with Gasteiger partial charge in [-0.1, -0.05) is 153 Å². The molecular weight excluding hydrogens is 645 g/mol. The molecule has 0 bridgehead atoms. The zero-order valence-corrected chi connectivity index (χ0v) is 29.9. The van der Waals surface area contributed by atoms with Crippen LogP contribution in [-0.4, -0.2) is 0 Å². The molecule has 52 heavy (non-hydrogen) atoms. The predicted octanol–water partition coefficient (Wildman–Crippen LogP) is 14.8. The molecule has 9 aromatic carbocycles. The molecule has 0 N–H and O–H groups in total. The van der Waals surface area contributed by atoms with Crippen LogP contribution in [0.2, 0.25) is 0 Å². The van der Waals surface area contributed by atoms with Gasteiger partial charge >= 0.3 is 0 Å². The van der Waals surface area contributed by atoms with Gasteiger partial charge in [0.25, 0.3) is 0 Å². The van der Waals surface area contributed by atoms with Crippen molar-refractivity contribution in [2.45, 2.75) is 19.3 Å². The van der Waals surface area contributed by atoms with E-state index in [0.717, 1.165) is 0 Å². The van der Waals surface area contributed by atoms with E-state index in [-0.39, 0.29) is 5.41 Å². The fraction of sp³-hybridized carbons (Fsp3) is 0.0588. The molecule has 0 spiro atoms. The lowest BCUT2D eigenvalue weighted by atomic mass is 9.81. The van der Waals surface area contributed by atoms with E-state index in [9.17, 15) is 0 Å². The van der Waals surface area contributed by atoms with Gasteiger partial charge in [-0.2, -0.15) is 0 Å². The van der Waals surface area contributed by atoms with Crippen molar-refractivity contribution in [3.63, 3.8) is 0 Å². The van der Waals surface area contributed by atoms with Gasteiger partial charge in [0.05, 0.1) is 0 Å². The van der Waals surface area contributed by atoms with Crippen LogP contribution >= 0.6 is 11.3 Å². The Kier molecular flexibility index (Phi) is 6.27. The summed E-state index contributed by atoms with van der Waals surface area (Å²) in [6, 6.07) is 63.4. The third-order valence-electron chi connectivity index (χ3n) is 11.6. The van der Waals surface area contributed by atoms with Crippen molar-refractivity contribution < 1.29 is 0 Å². The molecule has 1 aromatic heterocycles. The minimum absolute atomic E-state index is 0.0893. The zero-order valence-electron chi connectivity index (χ0n) is 29.1. The molecule has 0 amide bonds. The molecule has 10 aromatic rings. The Bertz CT molecular complexity index is 3010. The summed E-state index contributed by atoms with van der Waals surface area (Å²) < 4.78 is 2.74. The van der Waals surface area contributed by atoms with E-state index in [0.29, 0.717) is 0 Å². The van der Waals surface area contributed by atoms with Crippen molar-refractivity contribution in [3.8, 4) is 44.5 Å². The summed E-state index contributed by atoms with van der Waals surface area (Å²) in [5.74, 6) is 0. The van der Waals surface area contributed by atoms with Crippen LogP contribution < -0.4 is 0 Å². The first-order valence-electron chi connectivity index (χ1n) is 18.2. The Balaban J connectivity index is 1.02. The number of hydrogen-bond acceptors (Lipinski definition) is 1. The average Bonchev–Trinajstić information content (AvgIpc) is 3.65. The molecule has 244 valence electrons. The normalized spacial score (nSPS) is 13.3. The van der Waals surface area contributed by atoms with Gasteiger partial charge in [-0.15, -0.1) is 11.3 Å². The maximum absolute atomic E-state index is 2.48. The summed E-state index contributed by atoms with van der Waals surface area (Å²) in [6.45, 7) is 4.79. The second-order valence-electron chi connectivity index (χ2n) is 14.9. The lowest BCUT2D eigenvalue weighted by molar-refractivity contribution is 0.661. The van der Waals surface area contributed by atoms with E-state index in [1.54, 1.807) is 0 Å². The van der Waals surface area contributed by atoms with Crippen LogP contribution in [0.3, 0.4) is 0 Å². The summed E-state index contributed by atoms with van der Waals surface area (Å²) in [6.07, 6.45) is 0. The summed E-state index contributed by atoms with van der Waals surface area (Å²) >= 11 is 1.92. The van der Waals surface area contributed by atoms with Crippen LogP contribution in [0.4, 0.5) is 0 Å². The first kappa shape index (κ1) is 29.7. The first-order valence-corrected chi connectivity index (χ1v) is 19.0. The monoisotopic (exact) mass is 678 g/mol. The summed E-state index contributed by atoms with van der Waals surface area (Å²) in [5, 5.41) is 10.5. The maximum Gasteiger partial charge on any atom is 0.0361 e. The molecule has 0 saturated carbocycles. The number of thiophene rings is 1. The third-order valence-corrected chi connectivity index (χ3v) is 12.8. The molecule has 1 aliphatic carbocycles. The van der Waals surface area contributed by atoms with Crippen LogP contribution in [-0.2, 0) is 5.41 Å². The molecule has 0 fully saturated rings. The molecular formula is C51H34S. The smallest absolute Gasteiger partial charge is 0.0361 e. The van der Waals surface area contributed by atoms with Gasteiger partial charge in [-0.25, -0.2) is 0 Å². The Morgan fingerprint density at radius 2 is 0.827 bits per heavy atom. The van der Waals surface area contributed by atoms with Crippen molar-refractivity contribution in [2.75, 3.05) is 0 Å². The largest absolute Gasteiger partial charge is 0.135 e. The van der Waals surface area contributed by atoms with Gasteiger partial charge in [0.15, 0.2) is 0 Å². The number of benzene rings is 9. The Morgan fingerprint density at radius 1 is 0.346 bits per heavy atom. The quantitative estimate of drug-likeness (QED) is 0.163. The Hall–Kier alpha value is -6.02. The van der Waals surface area contributed by atoms with E-state index in [4.69, 9.17) is 0 Å². The molecule has 0 radical (unpaired) electrons. The average molecular weight is 679 g/mol. The minimum Gasteiger partial charge on any atom is -0.135 e. The summed E-state index contributed by atoms with van der Waals surface area (Å²) in [5.41, 5.74) is 13.1. The van der Waals surface area contributed by atoms with Gasteiger partial charge in [0.2, 0.25) is 0 Å². The maximum atomic E-state index is 2.48. The third kappa shape index (κ3) is 4.27. The van der Waals surface area contributed by atoms with Gasteiger partial charge in [0.1, 0.15) is 0 Å². The minimum atomic E-state index is -0.0893. The number of hydrogen-bond donors (Lipinski definition) is 0. The van der Waals surface area contributed by atoms with E-state index in [1.165, 1.54) is 108 Å². The molecule has 1 aliphatic rings. The summed E-state index contributed by atoms with van der Waals surface area (Å²) in [7, 11) is 0. The lowest BCUT2D eigenvalue weighted by Crippen LogP contribution is -2.14. The van der Waals surface area contributed by atoms with Gasteiger partial charge in [-0.3, -0.25) is 0 Å². The number of fused-ring (bicyclic) bond motifs is 9. The molecule has 0 atom stereocenters. The molecule has 0 nitrogen and oxygen atoms in total. The van der Waals surface area contributed by atoms with Gasteiger partial charge in [-0.05, 0) is 118 Å². The van der Waals surface area contributed by atoms with E-state index < -0.39 is 0 Å². The molecule has 0 saturated heterocycles. The fourth-order valence-electron chi connectivity index (χ4n) is 9.05. The van der Waals surface area contributed by atoms with Crippen LogP contribution in [0.25, 0.3) is 97.0 Å². The van der Waals surface area contributed by atoms with Crippen LogP contribution in [0, 0.1) is 0 Å². The highest BCUT2D eigenvalue weighted by Crippen LogP contribution is 2.53. The van der Waals surface area contributed by atoms with Crippen molar-refractivity contribution >= 4 is 63.8 Å². The lowest BCUT2D eigenvalue weighted by Gasteiger charge is -2.22. The van der Waals surface area contributed by atoms with Crippen LogP contribution in [0.5, 0.6) is 0 Å². The van der Waals surface area contributed by atoms with Crippen LogP contribution in [0.15, 0.2) is 170 Å². The second kappa shape index (κ2) is 11.0. The van der Waals surface area contributed by atoms with Gasteiger partial charge < -0.3 is 0 Å². The van der Waals surface area contributed by atoms with E-state index in [2.05, 4.69) is 184 Å². The van der Waals surface area contributed by atoms with Crippen molar-refractivity contribution in [1.29, 1.82) is 0 Å². The van der Waals surface area contributed by atoms with Crippen molar-refractivity contribution in [2.24, 2.45) is 0 Å². The van der Waals surface area contributed by atoms with Crippen molar-refractivity contribution in [1.82, 2.24) is 0 Å². The standard InChI is InChI=1S/C51H34S/c1-51(2)45-27-36(24-25-37(45)42-29-44-43-26-34-14-6-7-15-35(34)28-47(43)52-48(44)30-46(42)51)31-20-22-33(23-21-31)50-40-18-10-8-16-38(40)49(32-12-4-3-5-13-32)39-17-9-11-19-41(39)50/h3-30H,1-2H3. The molecule has 1 heterocycles. The molecule has 1 heteroatoms. The second-order valence-corrected chi connectivity index (χ2v) is 15.9. The Labute approximate surface area is 307 Å². The molecule has 0 aliphatic heterocycles. The first-order chi connectivity index (χ1) is 25.5. The predicted molar refractivity (Wildman–Crippen MR) is 226 cm³/mol. The summed E-state index contributed by atoms with van der Waals surface area (Å²) in [4.78, 5) is 0. The Morgan fingerprint density at radius 3 is 1.48 bits per heavy atom. The highest BCUT2D eigenvalue weighted by Gasteiger charge is 2.36. The van der Waals surface area contributed by atoms with Gasteiger partial charge in [0, 0.05) is 25.6 Å². The van der Waals surface area contributed by atoms with E-state index in [1.807, 2.05) is 11.3 Å².